The van der Waals surface area contributed by atoms with Gasteiger partial charge in [-0.15, -0.1) is 0 Å². The lowest BCUT2D eigenvalue weighted by molar-refractivity contribution is 0.424. The van der Waals surface area contributed by atoms with Crippen LogP contribution in [0, 0.1) is 10.8 Å². The highest BCUT2D eigenvalue weighted by atomic mass is 28.3. The number of nitrogens with zero attached hydrogens (tertiary/aromatic N) is 2. The number of rotatable bonds is 2. The standard InChI is InChI=1S/C17H29N2Si/c1-16(2,3)12-18-14-10-8-9-11-15(14)19(20(18)7)13-17(4,5)6/h8-11H,12-13H2,1-7H3. The van der Waals surface area contributed by atoms with E-state index in [0.717, 1.165) is 13.1 Å². The molecule has 1 aliphatic rings. The lowest BCUT2D eigenvalue weighted by atomic mass is 9.96. The van der Waals surface area contributed by atoms with Crippen LogP contribution in [0.3, 0.4) is 0 Å². The third kappa shape index (κ3) is 3.37. The van der Waals surface area contributed by atoms with Crippen LogP contribution in [0.1, 0.15) is 41.5 Å². The van der Waals surface area contributed by atoms with Crippen molar-refractivity contribution in [1.29, 1.82) is 0 Å². The molecule has 0 bridgehead atoms. The van der Waals surface area contributed by atoms with Gasteiger partial charge >= 0.3 is 0 Å². The largest absolute Gasteiger partial charge is 0.378 e. The Morgan fingerprint density at radius 2 is 1.15 bits per heavy atom. The fourth-order valence-electron chi connectivity index (χ4n) is 2.76. The van der Waals surface area contributed by atoms with Gasteiger partial charge in [0.05, 0.1) is 11.4 Å². The predicted molar refractivity (Wildman–Crippen MR) is 91.7 cm³/mol. The number of para-hydroxylation sites is 2. The zero-order valence-corrected chi connectivity index (χ0v) is 15.1. The lowest BCUT2D eigenvalue weighted by Crippen LogP contribution is -2.50. The van der Waals surface area contributed by atoms with Crippen molar-refractivity contribution in [2.45, 2.75) is 48.1 Å². The van der Waals surface area contributed by atoms with Crippen LogP contribution in [-0.2, 0) is 0 Å². The van der Waals surface area contributed by atoms with Gasteiger partial charge in [0.15, 0.2) is 0 Å². The van der Waals surface area contributed by atoms with Crippen LogP contribution >= 0.6 is 0 Å². The van der Waals surface area contributed by atoms with Crippen molar-refractivity contribution in [2.24, 2.45) is 10.8 Å². The highest BCUT2D eigenvalue weighted by Crippen LogP contribution is 2.40. The molecule has 0 atom stereocenters. The second-order valence-electron chi connectivity index (χ2n) is 8.33. The summed E-state index contributed by atoms with van der Waals surface area (Å²) in [5, 5.41) is 0. The molecule has 0 spiro atoms. The summed E-state index contributed by atoms with van der Waals surface area (Å²) < 4.78 is 5.32. The molecule has 1 aromatic rings. The Labute approximate surface area is 126 Å². The number of benzene rings is 1. The Balaban J connectivity index is 2.34. The summed E-state index contributed by atoms with van der Waals surface area (Å²) in [5.74, 6) is 0. The molecule has 1 radical (unpaired) electrons. The maximum atomic E-state index is 2.66. The van der Waals surface area contributed by atoms with E-state index >= 15 is 0 Å². The summed E-state index contributed by atoms with van der Waals surface area (Å²) in [6.07, 6.45) is 0. The van der Waals surface area contributed by atoms with E-state index < -0.39 is 9.12 Å². The Kier molecular flexibility index (Phi) is 3.93. The van der Waals surface area contributed by atoms with E-state index in [1.54, 1.807) is 0 Å². The molecule has 0 aliphatic carbocycles. The highest BCUT2D eigenvalue weighted by molar-refractivity contribution is 6.68. The zero-order valence-electron chi connectivity index (χ0n) is 14.1. The van der Waals surface area contributed by atoms with Crippen molar-refractivity contribution in [2.75, 3.05) is 22.2 Å². The molecular weight excluding hydrogens is 260 g/mol. The Bertz CT molecular complexity index is 428. The Morgan fingerprint density at radius 1 is 0.800 bits per heavy atom. The molecule has 0 unspecified atom stereocenters. The SMILES string of the molecule is C[Si]1N(CC(C)(C)C)c2ccccc2N1CC(C)(C)C. The van der Waals surface area contributed by atoms with E-state index in [0.29, 0.717) is 10.8 Å². The van der Waals surface area contributed by atoms with Gasteiger partial charge < -0.3 is 9.13 Å². The predicted octanol–water partition coefficient (Wildman–Crippen LogP) is 4.52. The van der Waals surface area contributed by atoms with Crippen LogP contribution < -0.4 is 9.13 Å². The summed E-state index contributed by atoms with van der Waals surface area (Å²) in [6.45, 7) is 18.7. The molecule has 2 rings (SSSR count). The fourth-order valence-corrected chi connectivity index (χ4v) is 5.54. The third-order valence-electron chi connectivity index (χ3n) is 3.51. The van der Waals surface area contributed by atoms with Gasteiger partial charge in [-0.1, -0.05) is 53.7 Å². The van der Waals surface area contributed by atoms with Crippen LogP contribution in [0.4, 0.5) is 11.4 Å². The Morgan fingerprint density at radius 3 is 1.45 bits per heavy atom. The van der Waals surface area contributed by atoms with Crippen LogP contribution in [0.2, 0.25) is 6.55 Å². The quantitative estimate of drug-likeness (QED) is 0.738. The van der Waals surface area contributed by atoms with Crippen molar-refractivity contribution in [3.05, 3.63) is 24.3 Å². The van der Waals surface area contributed by atoms with Crippen molar-refractivity contribution in [3.63, 3.8) is 0 Å². The number of hydrogen-bond donors (Lipinski definition) is 0. The first-order valence-corrected chi connectivity index (χ1v) is 9.46. The minimum atomic E-state index is -0.690. The average molecular weight is 290 g/mol. The van der Waals surface area contributed by atoms with E-state index in [4.69, 9.17) is 0 Å². The van der Waals surface area contributed by atoms with Gasteiger partial charge in [0.25, 0.3) is 9.12 Å². The van der Waals surface area contributed by atoms with Gasteiger partial charge in [-0.2, -0.15) is 0 Å². The van der Waals surface area contributed by atoms with Crippen LogP contribution in [0.25, 0.3) is 0 Å². The monoisotopic (exact) mass is 289 g/mol. The summed E-state index contributed by atoms with van der Waals surface area (Å²) >= 11 is 0. The molecule has 0 fully saturated rings. The molecule has 111 valence electrons. The smallest absolute Gasteiger partial charge is 0.294 e. The molecule has 0 N–H and O–H groups in total. The molecule has 0 saturated heterocycles. The number of anilines is 2. The van der Waals surface area contributed by atoms with E-state index in [9.17, 15) is 0 Å². The first-order chi connectivity index (χ1) is 9.08. The van der Waals surface area contributed by atoms with Gasteiger partial charge in [-0.3, -0.25) is 0 Å². The third-order valence-corrected chi connectivity index (χ3v) is 5.87. The molecule has 3 heteroatoms. The fraction of sp³-hybridized carbons (Fsp3) is 0.647. The van der Waals surface area contributed by atoms with Gasteiger partial charge in [-0.25, -0.2) is 0 Å². The number of fused-ring (bicyclic) bond motifs is 1. The average Bonchev–Trinajstić information content (AvgIpc) is 2.52. The van der Waals surface area contributed by atoms with Crippen molar-refractivity contribution >= 4 is 20.5 Å². The molecule has 0 aromatic heterocycles. The zero-order chi connectivity index (χ0) is 15.1. The second kappa shape index (κ2) is 5.10. The summed E-state index contributed by atoms with van der Waals surface area (Å²) in [5.41, 5.74) is 3.53. The normalized spacial score (nSPS) is 16.8. The highest BCUT2D eigenvalue weighted by Gasteiger charge is 2.38. The molecule has 20 heavy (non-hydrogen) atoms. The first-order valence-electron chi connectivity index (χ1n) is 7.56. The Hall–Kier alpha value is -0.963. The van der Waals surface area contributed by atoms with Crippen molar-refractivity contribution < 1.29 is 0 Å². The molecule has 0 amide bonds. The second-order valence-corrected chi connectivity index (χ2v) is 10.5. The van der Waals surface area contributed by atoms with E-state index in [1.165, 1.54) is 11.4 Å². The van der Waals surface area contributed by atoms with Gasteiger partial charge in [-0.05, 0) is 29.5 Å². The minimum Gasteiger partial charge on any atom is -0.378 e. The first kappa shape index (κ1) is 15.4. The molecule has 1 aromatic carbocycles. The van der Waals surface area contributed by atoms with Crippen LogP contribution in [0.5, 0.6) is 0 Å². The summed E-state index contributed by atoms with van der Waals surface area (Å²) in [4.78, 5) is 0. The van der Waals surface area contributed by atoms with E-state index in [2.05, 4.69) is 81.5 Å². The van der Waals surface area contributed by atoms with Crippen molar-refractivity contribution in [3.8, 4) is 0 Å². The summed E-state index contributed by atoms with van der Waals surface area (Å²) in [6, 6.07) is 8.92. The van der Waals surface area contributed by atoms with Gasteiger partial charge in [0.2, 0.25) is 0 Å². The summed E-state index contributed by atoms with van der Waals surface area (Å²) in [7, 11) is -0.690. The molecule has 2 nitrogen and oxygen atoms in total. The van der Waals surface area contributed by atoms with Crippen LogP contribution in [0.15, 0.2) is 24.3 Å². The topological polar surface area (TPSA) is 6.48 Å². The maximum absolute atomic E-state index is 2.66. The molecular formula is C17H29N2Si. The number of hydrogen-bond acceptors (Lipinski definition) is 2. The van der Waals surface area contributed by atoms with Gasteiger partial charge in [0, 0.05) is 13.1 Å². The molecule has 0 saturated carbocycles. The van der Waals surface area contributed by atoms with Gasteiger partial charge in [0.1, 0.15) is 0 Å². The minimum absolute atomic E-state index is 0.330. The van der Waals surface area contributed by atoms with Crippen molar-refractivity contribution in [1.82, 2.24) is 0 Å². The molecule has 1 heterocycles. The molecule has 1 aliphatic heterocycles. The van der Waals surface area contributed by atoms with Crippen LogP contribution in [-0.4, -0.2) is 22.2 Å². The maximum Gasteiger partial charge on any atom is 0.294 e. The van der Waals surface area contributed by atoms with E-state index in [-0.39, 0.29) is 0 Å². The lowest BCUT2D eigenvalue weighted by Gasteiger charge is -2.35. The van der Waals surface area contributed by atoms with E-state index in [1.807, 2.05) is 0 Å².